The lowest BCUT2D eigenvalue weighted by atomic mass is 9.84. The summed E-state index contributed by atoms with van der Waals surface area (Å²) in [6, 6.07) is 8.03. The number of hydrogen-bond acceptors (Lipinski definition) is 6. The zero-order valence-corrected chi connectivity index (χ0v) is 20.5. The largest absolute Gasteiger partial charge is 0.497 e. The molecule has 1 spiro atoms. The van der Waals surface area contributed by atoms with Crippen molar-refractivity contribution in [2.24, 2.45) is 0 Å². The van der Waals surface area contributed by atoms with Crippen LogP contribution < -0.4 is 4.74 Å². The Balaban J connectivity index is 1.37. The average Bonchev–Trinajstić information content (AvgIpc) is 3.04. The van der Waals surface area contributed by atoms with Crippen LogP contribution in [0.25, 0.3) is 0 Å². The van der Waals surface area contributed by atoms with Crippen LogP contribution in [0, 0.1) is 0 Å². The zero-order valence-electron chi connectivity index (χ0n) is 20.5. The fraction of sp³-hybridized carbons (Fsp3) is 0.640. The minimum absolute atomic E-state index is 0.0796. The number of hydrogen-bond donors (Lipinski definition) is 0. The summed E-state index contributed by atoms with van der Waals surface area (Å²) in [5.41, 5.74) is 0.358. The Hall–Kier alpha value is -2.81. The quantitative estimate of drug-likeness (QED) is 0.592. The van der Waals surface area contributed by atoms with Crippen LogP contribution >= 0.6 is 0 Å². The fourth-order valence-electron chi connectivity index (χ4n) is 5.59. The molecule has 0 radical (unpaired) electrons. The number of carbonyl (C=O) groups excluding carboxylic acids is 3. The van der Waals surface area contributed by atoms with Gasteiger partial charge in [0, 0.05) is 45.8 Å². The van der Waals surface area contributed by atoms with Crippen molar-refractivity contribution in [3.05, 3.63) is 29.8 Å². The monoisotopic (exact) mass is 472 g/mol. The molecule has 0 atom stereocenters. The first-order valence-electron chi connectivity index (χ1n) is 12.3. The summed E-state index contributed by atoms with van der Waals surface area (Å²) in [6.07, 6.45) is 3.54. The van der Waals surface area contributed by atoms with E-state index >= 15 is 0 Å². The highest BCUT2D eigenvalue weighted by atomic mass is 16.6. The van der Waals surface area contributed by atoms with Gasteiger partial charge in [-0.3, -0.25) is 9.69 Å². The van der Waals surface area contributed by atoms with Gasteiger partial charge in [-0.2, -0.15) is 0 Å². The molecule has 3 fully saturated rings. The van der Waals surface area contributed by atoms with Crippen molar-refractivity contribution >= 4 is 18.0 Å². The number of methoxy groups -OCH3 is 1. The van der Waals surface area contributed by atoms with Crippen LogP contribution in [0.3, 0.4) is 0 Å². The molecule has 4 rings (SSSR count). The molecular weight excluding hydrogens is 436 g/mol. The molecule has 0 saturated carbocycles. The van der Waals surface area contributed by atoms with Gasteiger partial charge in [-0.1, -0.05) is 12.1 Å². The lowest BCUT2D eigenvalue weighted by Gasteiger charge is -2.46. The number of amides is 4. The summed E-state index contributed by atoms with van der Waals surface area (Å²) in [4.78, 5) is 45.5. The van der Waals surface area contributed by atoms with E-state index in [-0.39, 0.29) is 18.0 Å². The Morgan fingerprint density at radius 3 is 2.29 bits per heavy atom. The Labute approximate surface area is 201 Å². The summed E-state index contributed by atoms with van der Waals surface area (Å²) >= 11 is 0. The normalized spacial score (nSPS) is 21.4. The first-order valence-corrected chi connectivity index (χ1v) is 12.3. The number of urea groups is 1. The van der Waals surface area contributed by atoms with Gasteiger partial charge in [-0.25, -0.2) is 9.59 Å². The molecule has 1 aromatic rings. The first-order chi connectivity index (χ1) is 16.4. The number of likely N-dealkylation sites (N-methyl/N-ethyl adjacent to an activating group) is 1. The number of piperidine rings is 2. The first kappa shape index (κ1) is 24.3. The molecule has 3 aliphatic heterocycles. The van der Waals surface area contributed by atoms with Crippen molar-refractivity contribution in [3.63, 3.8) is 0 Å². The minimum atomic E-state index is -0.750. The van der Waals surface area contributed by atoms with Gasteiger partial charge in [0.15, 0.2) is 0 Å². The Morgan fingerprint density at radius 1 is 1.06 bits per heavy atom. The molecular formula is C25H36N4O5. The minimum Gasteiger partial charge on any atom is -0.497 e. The second-order valence-corrected chi connectivity index (χ2v) is 9.38. The van der Waals surface area contributed by atoms with Crippen LogP contribution in [0.15, 0.2) is 24.3 Å². The van der Waals surface area contributed by atoms with Gasteiger partial charge in [0.1, 0.15) is 11.3 Å². The maximum absolute atomic E-state index is 13.2. The van der Waals surface area contributed by atoms with E-state index in [2.05, 4.69) is 4.90 Å². The van der Waals surface area contributed by atoms with Crippen LogP contribution in [-0.2, 0) is 16.0 Å². The Bertz CT molecular complexity index is 889. The van der Waals surface area contributed by atoms with E-state index in [1.165, 1.54) is 4.90 Å². The zero-order chi connectivity index (χ0) is 24.3. The number of benzene rings is 1. The molecule has 3 heterocycles. The molecule has 0 unspecified atom stereocenters. The number of nitrogens with zero attached hydrogens (tertiary/aromatic N) is 4. The van der Waals surface area contributed by atoms with Crippen LogP contribution in [-0.4, -0.2) is 103 Å². The fourth-order valence-corrected chi connectivity index (χ4v) is 5.59. The number of carbonyl (C=O) groups is 3. The molecule has 0 N–H and O–H groups in total. The standard InChI is InChI=1S/C25H36N4O5/c1-4-34-24(32)28-14-10-20(11-15-28)27-17-12-25(13-18-27)22(30)26(2)23(31)29(25)16-9-19-5-7-21(33-3)8-6-19/h5-8,20H,4,9-18H2,1-3H3. The van der Waals surface area contributed by atoms with Gasteiger partial charge in [0.2, 0.25) is 0 Å². The van der Waals surface area contributed by atoms with E-state index < -0.39 is 5.54 Å². The lowest BCUT2D eigenvalue weighted by Crippen LogP contribution is -2.59. The Kier molecular flexibility index (Phi) is 7.30. The molecule has 0 bridgehead atoms. The summed E-state index contributed by atoms with van der Waals surface area (Å²) < 4.78 is 10.3. The van der Waals surface area contributed by atoms with Crippen LogP contribution in [0.4, 0.5) is 9.59 Å². The number of imide groups is 1. The van der Waals surface area contributed by atoms with E-state index in [0.717, 1.165) is 37.2 Å². The predicted octanol–water partition coefficient (Wildman–Crippen LogP) is 2.59. The van der Waals surface area contributed by atoms with E-state index in [0.29, 0.717) is 51.5 Å². The SMILES string of the molecule is CCOC(=O)N1CCC(N2CCC3(CC2)C(=O)N(C)C(=O)N3CCc2ccc(OC)cc2)CC1. The highest BCUT2D eigenvalue weighted by Gasteiger charge is 2.56. The highest BCUT2D eigenvalue weighted by molar-refractivity contribution is 6.06. The van der Waals surface area contributed by atoms with Crippen molar-refractivity contribution in [2.45, 2.75) is 50.6 Å². The third-order valence-corrected chi connectivity index (χ3v) is 7.65. The molecule has 1 aromatic carbocycles. The molecule has 0 aliphatic carbocycles. The summed E-state index contributed by atoms with van der Waals surface area (Å²) in [5.74, 6) is 0.719. The molecule has 4 amide bonds. The lowest BCUT2D eigenvalue weighted by molar-refractivity contribution is -0.135. The third kappa shape index (κ3) is 4.58. The van der Waals surface area contributed by atoms with Crippen molar-refractivity contribution < 1.29 is 23.9 Å². The van der Waals surface area contributed by atoms with Crippen LogP contribution in [0.1, 0.15) is 38.2 Å². The topological polar surface area (TPSA) is 82.6 Å². The molecule has 9 heteroatoms. The van der Waals surface area contributed by atoms with Crippen LogP contribution in [0.5, 0.6) is 5.75 Å². The average molecular weight is 473 g/mol. The van der Waals surface area contributed by atoms with E-state index in [4.69, 9.17) is 9.47 Å². The summed E-state index contributed by atoms with van der Waals surface area (Å²) in [5, 5.41) is 0. The summed E-state index contributed by atoms with van der Waals surface area (Å²) in [7, 11) is 3.23. The van der Waals surface area contributed by atoms with Crippen molar-refractivity contribution in [1.29, 1.82) is 0 Å². The van der Waals surface area contributed by atoms with Gasteiger partial charge in [0.05, 0.1) is 13.7 Å². The molecule has 186 valence electrons. The maximum Gasteiger partial charge on any atom is 0.409 e. The summed E-state index contributed by atoms with van der Waals surface area (Å²) in [6.45, 7) is 5.66. The second kappa shape index (κ2) is 10.2. The second-order valence-electron chi connectivity index (χ2n) is 9.38. The molecule has 3 aliphatic rings. The van der Waals surface area contributed by atoms with Gasteiger partial charge in [-0.15, -0.1) is 0 Å². The van der Waals surface area contributed by atoms with Crippen molar-refractivity contribution in [1.82, 2.24) is 19.6 Å². The maximum atomic E-state index is 13.2. The van der Waals surface area contributed by atoms with Gasteiger partial charge in [-0.05, 0) is 56.7 Å². The molecule has 0 aromatic heterocycles. The van der Waals surface area contributed by atoms with Gasteiger partial charge < -0.3 is 24.2 Å². The molecule has 34 heavy (non-hydrogen) atoms. The number of rotatable bonds is 6. The molecule has 9 nitrogen and oxygen atoms in total. The van der Waals surface area contributed by atoms with Gasteiger partial charge >= 0.3 is 12.1 Å². The van der Waals surface area contributed by atoms with E-state index in [9.17, 15) is 14.4 Å². The smallest absolute Gasteiger partial charge is 0.409 e. The predicted molar refractivity (Wildman–Crippen MR) is 127 cm³/mol. The van der Waals surface area contributed by atoms with Crippen LogP contribution in [0.2, 0.25) is 0 Å². The number of likely N-dealkylation sites (tertiary alicyclic amines) is 2. The molecule has 3 saturated heterocycles. The van der Waals surface area contributed by atoms with Crippen molar-refractivity contribution in [2.75, 3.05) is 53.5 Å². The van der Waals surface area contributed by atoms with E-state index in [1.54, 1.807) is 24.0 Å². The van der Waals surface area contributed by atoms with Gasteiger partial charge in [0.25, 0.3) is 5.91 Å². The highest BCUT2D eigenvalue weighted by Crippen LogP contribution is 2.38. The Morgan fingerprint density at radius 2 is 1.71 bits per heavy atom. The number of ether oxygens (including phenoxy) is 2. The third-order valence-electron chi connectivity index (χ3n) is 7.65. The van der Waals surface area contributed by atoms with Crippen molar-refractivity contribution in [3.8, 4) is 5.75 Å². The van der Waals surface area contributed by atoms with E-state index in [1.807, 2.05) is 31.2 Å².